The van der Waals surface area contributed by atoms with Crippen LogP contribution in [-0.4, -0.2) is 49.3 Å². The number of rotatable bonds is 6. The van der Waals surface area contributed by atoms with Gasteiger partial charge >= 0.3 is 0 Å². The Morgan fingerprint density at radius 1 is 1.12 bits per heavy atom. The fourth-order valence-electron chi connectivity index (χ4n) is 3.02. The van der Waals surface area contributed by atoms with Crippen molar-refractivity contribution in [1.82, 2.24) is 0 Å². The van der Waals surface area contributed by atoms with E-state index in [2.05, 4.69) is 0 Å². The molecule has 3 rings (SSSR count). The monoisotopic (exact) mass is 378 g/mol. The van der Waals surface area contributed by atoms with Gasteiger partial charge in [-0.25, -0.2) is 8.42 Å². The summed E-state index contributed by atoms with van der Waals surface area (Å²) in [6, 6.07) is 15.8. The molecule has 0 aromatic heterocycles. The van der Waals surface area contributed by atoms with Gasteiger partial charge in [-0.1, -0.05) is 30.3 Å². The minimum atomic E-state index is -3.81. The van der Waals surface area contributed by atoms with Gasteiger partial charge in [0.15, 0.2) is 9.84 Å². The van der Waals surface area contributed by atoms with Crippen molar-refractivity contribution in [3.05, 3.63) is 60.2 Å². The van der Waals surface area contributed by atoms with E-state index >= 15 is 0 Å². The predicted molar refractivity (Wildman–Crippen MR) is 95.7 cm³/mol. The van der Waals surface area contributed by atoms with E-state index in [1.807, 2.05) is 30.3 Å². The van der Waals surface area contributed by atoms with Crippen molar-refractivity contribution in [3.63, 3.8) is 0 Å². The van der Waals surface area contributed by atoms with Crippen LogP contribution in [0.3, 0.4) is 0 Å². The summed E-state index contributed by atoms with van der Waals surface area (Å²) < 4.78 is 36.6. The molecule has 0 saturated carbocycles. The molecule has 1 aliphatic heterocycles. The van der Waals surface area contributed by atoms with E-state index < -0.39 is 27.3 Å². The maximum Gasteiger partial charge on any atom is 0.184 e. The normalized spacial score (nSPS) is 23.5. The summed E-state index contributed by atoms with van der Waals surface area (Å²) in [4.78, 5) is 0.0864. The summed E-state index contributed by atoms with van der Waals surface area (Å²) in [5, 5.41) is 18.8. The lowest BCUT2D eigenvalue weighted by atomic mass is 9.97. The SMILES string of the molecule is O=S(=O)(c1ccc(OCc2ccccc2)cc1)C1CCOCC1(O)CO. The summed E-state index contributed by atoms with van der Waals surface area (Å²) >= 11 is 0. The zero-order valence-corrected chi connectivity index (χ0v) is 15.1. The Morgan fingerprint density at radius 2 is 1.81 bits per heavy atom. The van der Waals surface area contributed by atoms with Crippen LogP contribution in [0.5, 0.6) is 5.75 Å². The third-order valence-corrected chi connectivity index (χ3v) is 6.88. The highest BCUT2D eigenvalue weighted by Crippen LogP contribution is 2.31. The average Bonchev–Trinajstić information content (AvgIpc) is 2.68. The maximum atomic E-state index is 12.9. The first-order valence-electron chi connectivity index (χ1n) is 8.37. The fraction of sp³-hybridized carbons (Fsp3) is 0.368. The Balaban J connectivity index is 1.74. The molecule has 1 heterocycles. The minimum absolute atomic E-state index is 0.0864. The Bertz CT molecular complexity index is 819. The first-order chi connectivity index (χ1) is 12.5. The lowest BCUT2D eigenvalue weighted by molar-refractivity contribution is -0.107. The average molecular weight is 378 g/mol. The van der Waals surface area contributed by atoms with Gasteiger partial charge in [-0.15, -0.1) is 0 Å². The molecule has 0 radical (unpaired) electrons. The smallest absolute Gasteiger partial charge is 0.184 e. The van der Waals surface area contributed by atoms with Gasteiger partial charge in [0.1, 0.15) is 23.2 Å². The Morgan fingerprint density at radius 3 is 2.46 bits per heavy atom. The highest BCUT2D eigenvalue weighted by molar-refractivity contribution is 7.92. The molecule has 1 fully saturated rings. The Kier molecular flexibility index (Phi) is 5.62. The Hall–Kier alpha value is -1.93. The molecule has 6 nitrogen and oxygen atoms in total. The van der Waals surface area contributed by atoms with Gasteiger partial charge in [0.05, 0.1) is 18.1 Å². The molecule has 2 unspecified atom stereocenters. The van der Waals surface area contributed by atoms with Crippen LogP contribution >= 0.6 is 0 Å². The molecule has 2 atom stereocenters. The maximum absolute atomic E-state index is 12.9. The predicted octanol–water partition coefficient (Wildman–Crippen LogP) is 1.55. The van der Waals surface area contributed by atoms with Crippen LogP contribution in [0.1, 0.15) is 12.0 Å². The topological polar surface area (TPSA) is 93.1 Å². The van der Waals surface area contributed by atoms with E-state index in [1.54, 1.807) is 12.1 Å². The van der Waals surface area contributed by atoms with Crippen LogP contribution in [0.15, 0.2) is 59.5 Å². The van der Waals surface area contributed by atoms with Gasteiger partial charge < -0.3 is 19.7 Å². The Labute approximate surface area is 152 Å². The second-order valence-corrected chi connectivity index (χ2v) is 8.51. The van der Waals surface area contributed by atoms with Gasteiger partial charge in [0, 0.05) is 6.61 Å². The molecule has 140 valence electrons. The quantitative estimate of drug-likeness (QED) is 0.792. The third kappa shape index (κ3) is 3.91. The summed E-state index contributed by atoms with van der Waals surface area (Å²) in [5.74, 6) is 0.553. The molecule has 1 saturated heterocycles. The zero-order chi connectivity index (χ0) is 18.6. The van der Waals surface area contributed by atoms with Crippen LogP contribution in [0.2, 0.25) is 0 Å². The van der Waals surface area contributed by atoms with Crippen molar-refractivity contribution in [1.29, 1.82) is 0 Å². The molecular formula is C19H22O6S. The van der Waals surface area contributed by atoms with Crippen LogP contribution in [0.25, 0.3) is 0 Å². The molecule has 0 amide bonds. The van der Waals surface area contributed by atoms with Crippen molar-refractivity contribution >= 4 is 9.84 Å². The van der Waals surface area contributed by atoms with E-state index in [0.29, 0.717) is 12.4 Å². The fourth-order valence-corrected chi connectivity index (χ4v) is 4.99. The van der Waals surface area contributed by atoms with Crippen molar-refractivity contribution < 1.29 is 28.1 Å². The van der Waals surface area contributed by atoms with Crippen molar-refractivity contribution in [3.8, 4) is 5.75 Å². The second-order valence-electron chi connectivity index (χ2n) is 6.38. The molecule has 26 heavy (non-hydrogen) atoms. The minimum Gasteiger partial charge on any atom is -0.489 e. The molecule has 2 aromatic rings. The van der Waals surface area contributed by atoms with Gasteiger partial charge in [-0.2, -0.15) is 0 Å². The van der Waals surface area contributed by atoms with Crippen LogP contribution in [-0.2, 0) is 21.2 Å². The molecular weight excluding hydrogens is 356 g/mol. The van der Waals surface area contributed by atoms with E-state index in [1.165, 1.54) is 12.1 Å². The summed E-state index contributed by atoms with van der Waals surface area (Å²) in [5.41, 5.74) is -0.779. The molecule has 2 aromatic carbocycles. The third-order valence-electron chi connectivity index (χ3n) is 4.52. The van der Waals surface area contributed by atoms with E-state index in [-0.39, 0.29) is 24.5 Å². The molecule has 1 aliphatic rings. The molecule has 2 N–H and O–H groups in total. The number of aliphatic hydroxyl groups is 2. The molecule has 7 heteroatoms. The lowest BCUT2D eigenvalue weighted by Gasteiger charge is -2.37. The number of hydrogen-bond acceptors (Lipinski definition) is 6. The zero-order valence-electron chi connectivity index (χ0n) is 14.2. The van der Waals surface area contributed by atoms with Crippen LogP contribution in [0, 0.1) is 0 Å². The number of benzene rings is 2. The van der Waals surface area contributed by atoms with Gasteiger partial charge in [0.25, 0.3) is 0 Å². The largest absolute Gasteiger partial charge is 0.489 e. The summed E-state index contributed by atoms with van der Waals surface area (Å²) in [6.07, 6.45) is 0.131. The van der Waals surface area contributed by atoms with Gasteiger partial charge in [-0.3, -0.25) is 0 Å². The number of ether oxygens (including phenoxy) is 2. The molecule has 0 bridgehead atoms. The van der Waals surface area contributed by atoms with E-state index in [9.17, 15) is 18.6 Å². The van der Waals surface area contributed by atoms with Gasteiger partial charge in [0.2, 0.25) is 0 Å². The van der Waals surface area contributed by atoms with Crippen molar-refractivity contribution in [2.24, 2.45) is 0 Å². The summed E-state index contributed by atoms with van der Waals surface area (Å²) in [7, 11) is -3.81. The number of aliphatic hydroxyl groups excluding tert-OH is 1. The van der Waals surface area contributed by atoms with Crippen molar-refractivity contribution in [2.45, 2.75) is 28.8 Å². The lowest BCUT2D eigenvalue weighted by Crippen LogP contribution is -2.56. The van der Waals surface area contributed by atoms with Crippen LogP contribution in [0.4, 0.5) is 0 Å². The number of hydrogen-bond donors (Lipinski definition) is 2. The van der Waals surface area contributed by atoms with E-state index in [4.69, 9.17) is 9.47 Å². The highest BCUT2D eigenvalue weighted by Gasteiger charge is 2.47. The number of sulfone groups is 1. The molecule has 0 spiro atoms. The van der Waals surface area contributed by atoms with E-state index in [0.717, 1.165) is 5.56 Å². The van der Waals surface area contributed by atoms with Crippen LogP contribution < -0.4 is 4.74 Å². The molecule has 0 aliphatic carbocycles. The van der Waals surface area contributed by atoms with Gasteiger partial charge in [-0.05, 0) is 36.2 Å². The standard InChI is InChI=1S/C19H22O6S/c20-13-19(21)14-24-11-10-18(19)26(22,23)17-8-6-16(7-9-17)25-12-15-4-2-1-3-5-15/h1-9,18,20-21H,10-14H2. The van der Waals surface area contributed by atoms with Crippen molar-refractivity contribution in [2.75, 3.05) is 19.8 Å². The first-order valence-corrected chi connectivity index (χ1v) is 9.92. The first kappa shape index (κ1) is 18.8. The second kappa shape index (κ2) is 7.75. The summed E-state index contributed by atoms with van der Waals surface area (Å²) in [6.45, 7) is -0.261. The highest BCUT2D eigenvalue weighted by atomic mass is 32.2.